The Labute approximate surface area is 124 Å². The maximum Gasteiger partial charge on any atom is 0.186 e. The SMILES string of the molecule is COc1cc2c(cc1CN=C(N)N)OC(C)C2.I. The second kappa shape index (κ2) is 6.12. The highest BCUT2D eigenvalue weighted by Crippen LogP contribution is 2.35. The Morgan fingerprint density at radius 3 is 2.83 bits per heavy atom. The highest BCUT2D eigenvalue weighted by atomic mass is 127. The van der Waals surface area contributed by atoms with Gasteiger partial charge in [-0.15, -0.1) is 24.0 Å². The van der Waals surface area contributed by atoms with Crippen molar-refractivity contribution >= 4 is 29.9 Å². The molecule has 5 nitrogen and oxygen atoms in total. The van der Waals surface area contributed by atoms with Gasteiger partial charge in [-0.25, -0.2) is 4.99 Å². The molecule has 0 amide bonds. The number of nitrogens with two attached hydrogens (primary N) is 2. The van der Waals surface area contributed by atoms with Gasteiger partial charge >= 0.3 is 0 Å². The van der Waals surface area contributed by atoms with Crippen LogP contribution >= 0.6 is 24.0 Å². The van der Waals surface area contributed by atoms with Crippen molar-refractivity contribution in [1.29, 1.82) is 0 Å². The lowest BCUT2D eigenvalue weighted by Gasteiger charge is -2.09. The number of rotatable bonds is 3. The van der Waals surface area contributed by atoms with Crippen molar-refractivity contribution in [1.82, 2.24) is 0 Å². The van der Waals surface area contributed by atoms with E-state index in [0.717, 1.165) is 23.5 Å². The molecule has 0 aromatic heterocycles. The molecule has 2 rings (SSSR count). The van der Waals surface area contributed by atoms with Crippen molar-refractivity contribution in [2.75, 3.05) is 7.11 Å². The summed E-state index contributed by atoms with van der Waals surface area (Å²) >= 11 is 0. The molecule has 0 radical (unpaired) electrons. The van der Waals surface area contributed by atoms with Crippen LogP contribution in [0.15, 0.2) is 17.1 Å². The summed E-state index contributed by atoms with van der Waals surface area (Å²) in [4.78, 5) is 3.98. The molecule has 0 fully saturated rings. The zero-order chi connectivity index (χ0) is 12.4. The van der Waals surface area contributed by atoms with Crippen LogP contribution in [0.3, 0.4) is 0 Å². The zero-order valence-corrected chi connectivity index (χ0v) is 12.8. The van der Waals surface area contributed by atoms with Gasteiger partial charge in [0.15, 0.2) is 5.96 Å². The van der Waals surface area contributed by atoms with Gasteiger partial charge in [-0.3, -0.25) is 0 Å². The van der Waals surface area contributed by atoms with Crippen LogP contribution in [0.5, 0.6) is 11.5 Å². The normalized spacial score (nSPS) is 16.2. The van der Waals surface area contributed by atoms with Crippen LogP contribution in [0.25, 0.3) is 0 Å². The van der Waals surface area contributed by atoms with Gasteiger partial charge in [0, 0.05) is 17.5 Å². The summed E-state index contributed by atoms with van der Waals surface area (Å²) in [7, 11) is 1.64. The topological polar surface area (TPSA) is 82.9 Å². The van der Waals surface area contributed by atoms with Crippen LogP contribution in [0.2, 0.25) is 0 Å². The van der Waals surface area contributed by atoms with E-state index in [9.17, 15) is 0 Å². The lowest BCUT2D eigenvalue weighted by Crippen LogP contribution is -2.22. The fourth-order valence-corrected chi connectivity index (χ4v) is 1.97. The maximum absolute atomic E-state index is 5.69. The van der Waals surface area contributed by atoms with Gasteiger partial charge in [0.2, 0.25) is 0 Å². The summed E-state index contributed by atoms with van der Waals surface area (Å²) in [5, 5.41) is 0. The van der Waals surface area contributed by atoms with Gasteiger partial charge in [-0.2, -0.15) is 0 Å². The van der Waals surface area contributed by atoms with Gasteiger partial charge in [0.25, 0.3) is 0 Å². The number of benzene rings is 1. The van der Waals surface area contributed by atoms with Crippen LogP contribution in [-0.2, 0) is 13.0 Å². The van der Waals surface area contributed by atoms with E-state index in [1.165, 1.54) is 5.56 Å². The lowest BCUT2D eigenvalue weighted by molar-refractivity contribution is 0.254. The Morgan fingerprint density at radius 1 is 1.50 bits per heavy atom. The van der Waals surface area contributed by atoms with E-state index in [0.29, 0.717) is 6.54 Å². The number of hydrogen-bond acceptors (Lipinski definition) is 3. The van der Waals surface area contributed by atoms with Gasteiger partial charge in [0.05, 0.1) is 13.7 Å². The van der Waals surface area contributed by atoms with Crippen molar-refractivity contribution in [2.45, 2.75) is 26.0 Å². The fourth-order valence-electron chi connectivity index (χ4n) is 1.97. The number of aliphatic imine (C=N–C) groups is 1. The Kier molecular flexibility index (Phi) is 5.06. The smallest absolute Gasteiger partial charge is 0.186 e. The highest BCUT2D eigenvalue weighted by molar-refractivity contribution is 14.0. The molecule has 18 heavy (non-hydrogen) atoms. The third-order valence-corrected chi connectivity index (χ3v) is 2.73. The van der Waals surface area contributed by atoms with E-state index >= 15 is 0 Å². The first kappa shape index (κ1) is 14.9. The predicted octanol–water partition coefficient (Wildman–Crippen LogP) is 1.41. The van der Waals surface area contributed by atoms with Gasteiger partial charge in [-0.05, 0) is 19.1 Å². The lowest BCUT2D eigenvalue weighted by atomic mass is 10.1. The Bertz CT molecular complexity index is 459. The predicted molar refractivity (Wildman–Crippen MR) is 81.7 cm³/mol. The van der Waals surface area contributed by atoms with E-state index < -0.39 is 0 Å². The monoisotopic (exact) mass is 363 g/mol. The summed E-state index contributed by atoms with van der Waals surface area (Å²) in [5.41, 5.74) is 12.7. The fraction of sp³-hybridized carbons (Fsp3) is 0.417. The molecule has 1 heterocycles. The largest absolute Gasteiger partial charge is 0.496 e. The second-order valence-electron chi connectivity index (χ2n) is 4.15. The van der Waals surface area contributed by atoms with Crippen LogP contribution in [-0.4, -0.2) is 19.2 Å². The molecule has 0 spiro atoms. The minimum absolute atomic E-state index is 0. The molecule has 6 heteroatoms. The molecule has 1 atom stereocenters. The van der Waals surface area contributed by atoms with E-state index in [2.05, 4.69) is 4.99 Å². The molecule has 1 aromatic carbocycles. The first-order valence-corrected chi connectivity index (χ1v) is 5.52. The summed E-state index contributed by atoms with van der Waals surface area (Å²) in [6.45, 7) is 2.44. The standard InChI is InChI=1S/C12H17N3O2.HI/c1-7-3-8-4-10(16-2)9(5-11(8)17-7)6-15-12(13)14;/h4-5,7H,3,6H2,1-2H3,(H4,13,14,15);1H. The molecule has 0 saturated heterocycles. The minimum atomic E-state index is 0. The van der Waals surface area contributed by atoms with E-state index in [1.54, 1.807) is 7.11 Å². The molecular formula is C12H18IN3O2. The Hall–Kier alpha value is -1.18. The molecule has 1 unspecified atom stereocenters. The zero-order valence-electron chi connectivity index (χ0n) is 10.5. The molecule has 1 aliphatic rings. The van der Waals surface area contributed by atoms with Crippen molar-refractivity contribution in [3.05, 3.63) is 23.3 Å². The van der Waals surface area contributed by atoms with Crippen LogP contribution in [0.1, 0.15) is 18.1 Å². The van der Waals surface area contributed by atoms with Gasteiger partial charge in [-0.1, -0.05) is 0 Å². The third kappa shape index (κ3) is 3.18. The number of nitrogens with zero attached hydrogens (tertiary/aromatic N) is 1. The summed E-state index contributed by atoms with van der Waals surface area (Å²) < 4.78 is 11.0. The number of ether oxygens (including phenoxy) is 2. The molecule has 0 aliphatic carbocycles. The number of halogens is 1. The van der Waals surface area contributed by atoms with E-state index in [-0.39, 0.29) is 36.0 Å². The van der Waals surface area contributed by atoms with Gasteiger partial charge in [0.1, 0.15) is 17.6 Å². The number of fused-ring (bicyclic) bond motifs is 1. The molecule has 0 saturated carbocycles. The number of methoxy groups -OCH3 is 1. The van der Waals surface area contributed by atoms with Gasteiger partial charge < -0.3 is 20.9 Å². The minimum Gasteiger partial charge on any atom is -0.496 e. The molecule has 4 N–H and O–H groups in total. The highest BCUT2D eigenvalue weighted by Gasteiger charge is 2.21. The average molecular weight is 363 g/mol. The van der Waals surface area contributed by atoms with Crippen LogP contribution in [0, 0.1) is 0 Å². The van der Waals surface area contributed by atoms with Crippen LogP contribution < -0.4 is 20.9 Å². The van der Waals surface area contributed by atoms with Crippen molar-refractivity contribution < 1.29 is 9.47 Å². The van der Waals surface area contributed by atoms with E-state index in [4.69, 9.17) is 20.9 Å². The van der Waals surface area contributed by atoms with Crippen molar-refractivity contribution in [2.24, 2.45) is 16.5 Å². The Balaban J connectivity index is 0.00000162. The maximum atomic E-state index is 5.69. The molecule has 1 aliphatic heterocycles. The summed E-state index contributed by atoms with van der Waals surface area (Å²) in [6.07, 6.45) is 1.13. The summed E-state index contributed by atoms with van der Waals surface area (Å²) in [6, 6.07) is 3.94. The second-order valence-corrected chi connectivity index (χ2v) is 4.15. The summed E-state index contributed by atoms with van der Waals surface area (Å²) in [5.74, 6) is 1.77. The molecule has 1 aromatic rings. The number of hydrogen-bond donors (Lipinski definition) is 2. The number of guanidine groups is 1. The molecular weight excluding hydrogens is 345 g/mol. The van der Waals surface area contributed by atoms with Crippen LogP contribution in [0.4, 0.5) is 0 Å². The molecule has 100 valence electrons. The molecule has 0 bridgehead atoms. The Morgan fingerprint density at radius 2 is 2.22 bits per heavy atom. The van der Waals surface area contributed by atoms with Crippen molar-refractivity contribution in [3.63, 3.8) is 0 Å². The quantitative estimate of drug-likeness (QED) is 0.483. The van der Waals surface area contributed by atoms with Crippen molar-refractivity contribution in [3.8, 4) is 11.5 Å². The average Bonchev–Trinajstić information content (AvgIpc) is 2.63. The first-order chi connectivity index (χ1) is 8.10. The van der Waals surface area contributed by atoms with E-state index in [1.807, 2.05) is 19.1 Å². The first-order valence-electron chi connectivity index (χ1n) is 5.52. The third-order valence-electron chi connectivity index (χ3n) is 2.73.